The van der Waals surface area contributed by atoms with Crippen LogP contribution >= 0.6 is 0 Å². The minimum Gasteiger partial charge on any atom is -0.512 e. The molecule has 0 saturated heterocycles. The molecule has 0 aliphatic carbocycles. The molecule has 0 amide bonds. The topological polar surface area (TPSA) is 59.4 Å². The van der Waals surface area contributed by atoms with Gasteiger partial charge in [0.05, 0.1) is 5.75 Å². The van der Waals surface area contributed by atoms with Crippen molar-refractivity contribution in [3.05, 3.63) is 89.8 Å². The number of ketones is 1. The van der Waals surface area contributed by atoms with Crippen LogP contribution in [-0.2, 0) is 37.7 Å². The molecule has 0 fully saturated rings. The van der Waals surface area contributed by atoms with Gasteiger partial charge < -0.3 is 9.84 Å². The van der Waals surface area contributed by atoms with Gasteiger partial charge in [-0.05, 0) is 83.2 Å². The van der Waals surface area contributed by atoms with Crippen LogP contribution in [-0.4, -0.2) is 15.9 Å². The van der Waals surface area contributed by atoms with E-state index in [9.17, 15) is 9.90 Å². The molecule has 0 unspecified atom stereocenters. The fourth-order valence-corrected chi connectivity index (χ4v) is 7.20. The second-order valence-corrected chi connectivity index (χ2v) is 17.9. The van der Waals surface area contributed by atoms with Crippen molar-refractivity contribution in [3.63, 3.8) is 0 Å². The van der Waals surface area contributed by atoms with Crippen molar-refractivity contribution < 1.29 is 34.7 Å². The molecule has 4 nitrogen and oxygen atoms in total. The molecular formula is C48H60IrNO3-. The van der Waals surface area contributed by atoms with Crippen LogP contribution < -0.4 is 4.74 Å². The molecule has 1 aliphatic heterocycles. The van der Waals surface area contributed by atoms with Gasteiger partial charge in [-0.1, -0.05) is 136 Å². The number of allylic oxidation sites excluding steroid dienone is 2. The van der Waals surface area contributed by atoms with Crippen LogP contribution in [0.15, 0.2) is 72.6 Å². The molecule has 0 bridgehead atoms. The largest absolute Gasteiger partial charge is 0.512 e. The summed E-state index contributed by atoms with van der Waals surface area (Å²) in [5.41, 5.74) is 4.31. The maximum Gasteiger partial charge on any atom is 0.164 e. The minimum atomic E-state index is -0.337. The van der Waals surface area contributed by atoms with Crippen LogP contribution in [0.1, 0.15) is 120 Å². The number of benzene rings is 4. The molecule has 2 heterocycles. The molecule has 285 valence electrons. The Balaban J connectivity index is 0.000000299. The van der Waals surface area contributed by atoms with Crippen LogP contribution in [0.25, 0.3) is 43.6 Å². The van der Waals surface area contributed by atoms with Gasteiger partial charge in [-0.25, -0.2) is 0 Å². The monoisotopic (exact) mass is 891 g/mol. The van der Waals surface area contributed by atoms with Crippen molar-refractivity contribution in [2.24, 2.45) is 21.7 Å². The molecule has 1 aliphatic rings. The summed E-state index contributed by atoms with van der Waals surface area (Å²) in [4.78, 5) is 17.1. The van der Waals surface area contributed by atoms with E-state index in [1.807, 2.05) is 47.7 Å². The first kappa shape index (κ1) is 42.2. The SMILES string of the molecule is CC(C)(C)Cc1ccc2cc3c4c(nccc4c2c1)-c1[c-]c2ccccc2c(CC(C)(C)C)c1O3.CCC(C)(CC)C(=O)/C=C(\O)C(C)(CC)CC.[Ir]. The average Bonchev–Trinajstić information content (AvgIpc) is 3.10. The van der Waals surface area contributed by atoms with E-state index >= 15 is 0 Å². The molecular weight excluding hydrogens is 831 g/mol. The standard InChI is InChI=1S/C33H32NO.C15H28O2.Ir/c1-32(2,3)18-20-11-12-22-17-28-29-24(25(22)15-20)13-14-34-30(29)26-16-21-9-7-8-10-23(21)27(31(26)35-28)19-33(4,5)6;1-7-14(5,8-2)12(16)11-13(17)15(6,9-3)10-4;/h7-15,17H,18-19H2,1-6H3;11,16H,7-10H2,1-6H3;/q-1;;/b;12-11-;. The van der Waals surface area contributed by atoms with E-state index in [1.54, 1.807) is 0 Å². The van der Waals surface area contributed by atoms with Crippen LogP contribution in [0.5, 0.6) is 11.5 Å². The third-order valence-electron chi connectivity index (χ3n) is 11.4. The smallest absolute Gasteiger partial charge is 0.164 e. The second-order valence-electron chi connectivity index (χ2n) is 17.9. The summed E-state index contributed by atoms with van der Waals surface area (Å²) >= 11 is 0. The van der Waals surface area contributed by atoms with Crippen LogP contribution in [0.4, 0.5) is 0 Å². The Kier molecular flexibility index (Phi) is 12.8. The fraction of sp³-hybridized carbons (Fsp3) is 0.458. The number of ether oxygens (including phenoxy) is 1. The van der Waals surface area contributed by atoms with Gasteiger partial charge >= 0.3 is 0 Å². The van der Waals surface area contributed by atoms with E-state index < -0.39 is 0 Å². The number of fused-ring (bicyclic) bond motifs is 5. The summed E-state index contributed by atoms with van der Waals surface area (Å²) in [6, 6.07) is 23.4. The molecule has 5 aromatic rings. The molecule has 1 radical (unpaired) electrons. The molecule has 5 heteroatoms. The van der Waals surface area contributed by atoms with Gasteiger partial charge in [0.2, 0.25) is 0 Å². The number of hydrogen-bond donors (Lipinski definition) is 1. The van der Waals surface area contributed by atoms with Gasteiger partial charge in [0.1, 0.15) is 11.5 Å². The van der Waals surface area contributed by atoms with Gasteiger partial charge in [0.25, 0.3) is 0 Å². The van der Waals surface area contributed by atoms with Gasteiger partial charge in [-0.3, -0.25) is 9.78 Å². The van der Waals surface area contributed by atoms with Gasteiger partial charge in [-0.2, -0.15) is 0 Å². The Labute approximate surface area is 332 Å². The summed E-state index contributed by atoms with van der Waals surface area (Å²) in [5, 5.41) is 17.2. The Hall–Kier alpha value is -3.53. The Morgan fingerprint density at radius 2 is 1.40 bits per heavy atom. The van der Waals surface area contributed by atoms with E-state index in [0.717, 1.165) is 72.1 Å². The minimum absolute atomic E-state index is 0. The quantitative estimate of drug-likeness (QED) is 0.0680. The molecule has 6 rings (SSSR count). The predicted molar refractivity (Wildman–Crippen MR) is 221 cm³/mol. The third kappa shape index (κ3) is 8.90. The third-order valence-corrected chi connectivity index (χ3v) is 11.4. The summed E-state index contributed by atoms with van der Waals surface area (Å²) in [6.07, 6.45) is 8.65. The first-order chi connectivity index (χ1) is 24.4. The van der Waals surface area contributed by atoms with Gasteiger partial charge in [0.15, 0.2) is 5.78 Å². The first-order valence-electron chi connectivity index (χ1n) is 19.3. The zero-order valence-corrected chi connectivity index (χ0v) is 36.5. The normalized spacial score (nSPS) is 13.2. The van der Waals surface area contributed by atoms with Crippen molar-refractivity contribution >= 4 is 38.1 Å². The van der Waals surface area contributed by atoms with Crippen LogP contribution in [0, 0.1) is 27.7 Å². The molecule has 1 N–H and O–H groups in total. The number of hydrogen-bond acceptors (Lipinski definition) is 4. The molecule has 0 atom stereocenters. The maximum absolute atomic E-state index is 12.2. The molecule has 53 heavy (non-hydrogen) atoms. The Bertz CT molecular complexity index is 2140. The van der Waals surface area contributed by atoms with Crippen molar-refractivity contribution in [2.75, 3.05) is 0 Å². The fourth-order valence-electron chi connectivity index (χ4n) is 7.20. The van der Waals surface area contributed by atoms with Gasteiger partial charge in [-0.15, -0.1) is 17.5 Å². The van der Waals surface area contributed by atoms with E-state index in [2.05, 4.69) is 102 Å². The summed E-state index contributed by atoms with van der Waals surface area (Å²) < 4.78 is 6.78. The number of carbonyl (C=O) groups excluding carboxylic acids is 1. The van der Waals surface area contributed by atoms with Crippen molar-refractivity contribution in [1.82, 2.24) is 4.98 Å². The van der Waals surface area contributed by atoms with E-state index in [-0.39, 0.29) is 53.3 Å². The predicted octanol–water partition coefficient (Wildman–Crippen LogP) is 13.9. The maximum atomic E-state index is 12.2. The molecule has 4 aromatic carbocycles. The number of nitrogens with zero attached hydrogens (tertiary/aromatic N) is 1. The molecule has 0 spiro atoms. The zero-order valence-electron chi connectivity index (χ0n) is 34.1. The number of pyridine rings is 1. The van der Waals surface area contributed by atoms with Gasteiger partial charge in [0, 0.05) is 54.3 Å². The van der Waals surface area contributed by atoms with Crippen molar-refractivity contribution in [1.29, 1.82) is 0 Å². The summed E-state index contributed by atoms with van der Waals surface area (Å²) in [6.45, 7) is 25.8. The zero-order chi connectivity index (χ0) is 38.2. The van der Waals surface area contributed by atoms with E-state index in [0.29, 0.717) is 0 Å². The number of carbonyl (C=O) groups is 1. The first-order valence-corrected chi connectivity index (χ1v) is 19.3. The van der Waals surface area contributed by atoms with Crippen LogP contribution in [0.3, 0.4) is 0 Å². The van der Waals surface area contributed by atoms with Crippen molar-refractivity contribution in [3.8, 4) is 22.8 Å². The average molecular weight is 891 g/mol. The van der Waals surface area contributed by atoms with Crippen molar-refractivity contribution in [2.45, 2.75) is 122 Å². The Morgan fingerprint density at radius 3 is 2.00 bits per heavy atom. The molecule has 1 aromatic heterocycles. The van der Waals surface area contributed by atoms with E-state index in [4.69, 9.17) is 9.72 Å². The number of aliphatic hydroxyl groups excluding tert-OH is 1. The Morgan fingerprint density at radius 1 is 0.774 bits per heavy atom. The summed E-state index contributed by atoms with van der Waals surface area (Å²) in [5.74, 6) is 2.09. The van der Waals surface area contributed by atoms with E-state index in [1.165, 1.54) is 38.7 Å². The summed E-state index contributed by atoms with van der Waals surface area (Å²) in [7, 11) is 0. The molecule has 0 saturated carbocycles. The number of aliphatic hydroxyl groups is 1. The van der Waals surface area contributed by atoms with Crippen LogP contribution in [0.2, 0.25) is 0 Å². The second kappa shape index (κ2) is 16.1. The number of rotatable bonds is 9. The number of aromatic nitrogens is 1.